The molecule has 1 heterocycles. The van der Waals surface area contributed by atoms with Crippen molar-refractivity contribution in [2.24, 2.45) is 0 Å². The molecule has 2 N–H and O–H groups in total. The van der Waals surface area contributed by atoms with Crippen LogP contribution < -0.4 is 10.1 Å². The number of nitrogens with zero attached hydrogens (tertiary/aromatic N) is 1. The van der Waals surface area contributed by atoms with Crippen LogP contribution in [0.4, 0.5) is 0 Å². The molecule has 0 spiro atoms. The molecule has 172 valence electrons. The summed E-state index contributed by atoms with van der Waals surface area (Å²) in [6, 6.07) is 23.0. The number of pyridine rings is 1. The number of fused-ring (bicyclic) bond motifs is 1. The molecule has 6 nitrogen and oxygen atoms in total. The monoisotopic (exact) mass is 494 g/mol. The molecule has 1 unspecified atom stereocenters. The van der Waals surface area contributed by atoms with Crippen LogP contribution in [-0.4, -0.2) is 27.5 Å². The second-order valence-corrected chi connectivity index (χ2v) is 8.77. The van der Waals surface area contributed by atoms with Crippen LogP contribution in [0, 0.1) is 0 Å². The summed E-state index contributed by atoms with van der Waals surface area (Å²) in [6.07, 6.45) is 0.0361. The van der Waals surface area contributed by atoms with Crippen molar-refractivity contribution in [3.8, 4) is 11.6 Å². The molecule has 8 heteroatoms. The van der Waals surface area contributed by atoms with Crippen LogP contribution in [0.5, 0.6) is 11.6 Å². The number of benzene rings is 3. The number of hydrogen-bond acceptors (Lipinski definition) is 4. The minimum Gasteiger partial charge on any atom is -0.480 e. The number of aromatic nitrogens is 1. The van der Waals surface area contributed by atoms with E-state index in [1.165, 1.54) is 19.1 Å². The van der Waals surface area contributed by atoms with Gasteiger partial charge in [-0.3, -0.25) is 4.79 Å². The highest BCUT2D eigenvalue weighted by Gasteiger charge is 2.36. The van der Waals surface area contributed by atoms with Crippen molar-refractivity contribution in [3.63, 3.8) is 0 Å². The molecular formula is C26H20Cl2N2O4. The number of carbonyl (C=O) groups is 2. The molecular weight excluding hydrogens is 475 g/mol. The van der Waals surface area contributed by atoms with Gasteiger partial charge in [0.25, 0.3) is 5.91 Å². The Labute approximate surface area is 206 Å². The molecule has 0 aliphatic heterocycles. The first-order chi connectivity index (χ1) is 16.2. The Morgan fingerprint density at radius 3 is 2.35 bits per heavy atom. The number of ether oxygens (including phenoxy) is 1. The molecule has 3 aromatic carbocycles. The second kappa shape index (κ2) is 9.71. The van der Waals surface area contributed by atoms with Gasteiger partial charge < -0.3 is 15.2 Å². The molecule has 0 saturated carbocycles. The second-order valence-electron chi connectivity index (χ2n) is 7.96. The van der Waals surface area contributed by atoms with Crippen molar-refractivity contribution in [1.29, 1.82) is 0 Å². The van der Waals surface area contributed by atoms with Gasteiger partial charge in [0.2, 0.25) is 5.88 Å². The summed E-state index contributed by atoms with van der Waals surface area (Å²) >= 11 is 12.2. The summed E-state index contributed by atoms with van der Waals surface area (Å²) in [5, 5.41) is 13.6. The van der Waals surface area contributed by atoms with Crippen LogP contribution in [0.25, 0.3) is 10.9 Å². The van der Waals surface area contributed by atoms with Crippen molar-refractivity contribution in [2.75, 3.05) is 0 Å². The van der Waals surface area contributed by atoms with Gasteiger partial charge in [0.15, 0.2) is 0 Å². The predicted molar refractivity (Wildman–Crippen MR) is 132 cm³/mol. The van der Waals surface area contributed by atoms with Gasteiger partial charge in [-0.15, -0.1) is 0 Å². The summed E-state index contributed by atoms with van der Waals surface area (Å²) in [5.74, 6) is -0.720. The maximum Gasteiger partial charge on any atom is 0.329 e. The van der Waals surface area contributed by atoms with Gasteiger partial charge in [-0.1, -0.05) is 53.5 Å². The summed E-state index contributed by atoms with van der Waals surface area (Å²) < 4.78 is 5.78. The molecule has 0 aliphatic carbocycles. The third-order valence-corrected chi connectivity index (χ3v) is 5.93. The standard InChI is InChI=1S/C26H20Cl2N2O4/c1-26(25(32)33,30-24(31)23-19(27)8-5-9-20(23)28)15-16-10-12-21-17(14-16)11-13-22(29-21)34-18-6-3-2-4-7-18/h2-14H,15H2,1H3,(H,30,31)(H,32,33). The Kier molecular flexibility index (Phi) is 6.72. The lowest BCUT2D eigenvalue weighted by atomic mass is 9.91. The molecule has 1 atom stereocenters. The van der Waals surface area contributed by atoms with Crippen LogP contribution in [-0.2, 0) is 11.2 Å². The smallest absolute Gasteiger partial charge is 0.329 e. The lowest BCUT2D eigenvalue weighted by Gasteiger charge is -2.27. The number of carbonyl (C=O) groups excluding carboxylic acids is 1. The number of carboxylic acids is 1. The highest BCUT2D eigenvalue weighted by Crippen LogP contribution is 2.27. The molecule has 1 aromatic heterocycles. The number of hydrogen-bond donors (Lipinski definition) is 2. The Hall–Kier alpha value is -3.61. The Morgan fingerprint density at radius 1 is 0.971 bits per heavy atom. The molecule has 0 bridgehead atoms. The number of carboxylic acid groups (broad SMARTS) is 1. The van der Waals surface area contributed by atoms with Gasteiger partial charge in [-0.2, -0.15) is 0 Å². The lowest BCUT2D eigenvalue weighted by Crippen LogP contribution is -2.53. The summed E-state index contributed by atoms with van der Waals surface area (Å²) in [6.45, 7) is 1.44. The molecule has 1 amide bonds. The highest BCUT2D eigenvalue weighted by molar-refractivity contribution is 6.39. The van der Waals surface area contributed by atoms with Crippen LogP contribution >= 0.6 is 23.2 Å². The number of halogens is 2. The summed E-state index contributed by atoms with van der Waals surface area (Å²) in [7, 11) is 0. The van der Waals surface area contributed by atoms with Crippen molar-refractivity contribution in [1.82, 2.24) is 10.3 Å². The first-order valence-electron chi connectivity index (χ1n) is 10.4. The minimum atomic E-state index is -1.60. The van der Waals surface area contributed by atoms with E-state index in [9.17, 15) is 14.7 Å². The number of amides is 1. The molecule has 4 rings (SSSR count). The van der Waals surface area contributed by atoms with Crippen LogP contribution in [0.1, 0.15) is 22.8 Å². The van der Waals surface area contributed by atoms with E-state index in [4.69, 9.17) is 27.9 Å². The zero-order valence-electron chi connectivity index (χ0n) is 18.1. The predicted octanol–water partition coefficient (Wildman–Crippen LogP) is 6.15. The van der Waals surface area contributed by atoms with Crippen LogP contribution in [0.3, 0.4) is 0 Å². The topological polar surface area (TPSA) is 88.5 Å². The zero-order chi connectivity index (χ0) is 24.3. The molecule has 0 fully saturated rings. The van der Waals surface area contributed by atoms with Gasteiger partial charge in [-0.25, -0.2) is 9.78 Å². The van der Waals surface area contributed by atoms with E-state index in [0.29, 0.717) is 22.7 Å². The normalized spacial score (nSPS) is 12.7. The SMILES string of the molecule is CC(Cc1ccc2nc(Oc3ccccc3)ccc2c1)(NC(=O)c1c(Cl)cccc1Cl)C(=O)O. The summed E-state index contributed by atoms with van der Waals surface area (Å²) in [4.78, 5) is 29.5. The van der Waals surface area contributed by atoms with E-state index in [0.717, 1.165) is 5.39 Å². The van der Waals surface area contributed by atoms with E-state index >= 15 is 0 Å². The third kappa shape index (κ3) is 5.14. The average molecular weight is 495 g/mol. The maximum absolute atomic E-state index is 12.8. The van der Waals surface area contributed by atoms with E-state index in [1.807, 2.05) is 42.5 Å². The maximum atomic E-state index is 12.8. The summed E-state index contributed by atoms with van der Waals surface area (Å²) in [5.41, 5.74) is -0.161. The van der Waals surface area contributed by atoms with Gasteiger partial charge >= 0.3 is 5.97 Å². The highest BCUT2D eigenvalue weighted by atomic mass is 35.5. The quantitative estimate of drug-likeness (QED) is 0.321. The van der Waals surface area contributed by atoms with Crippen LogP contribution in [0.2, 0.25) is 10.0 Å². The van der Waals surface area contributed by atoms with Gasteiger partial charge in [0, 0.05) is 17.9 Å². The van der Waals surface area contributed by atoms with Crippen molar-refractivity contribution < 1.29 is 19.4 Å². The van der Waals surface area contributed by atoms with Gasteiger partial charge in [0.05, 0.1) is 21.1 Å². The van der Waals surface area contributed by atoms with Crippen molar-refractivity contribution in [2.45, 2.75) is 18.9 Å². The molecule has 0 saturated heterocycles. The van der Waals surface area contributed by atoms with Crippen molar-refractivity contribution >= 4 is 46.0 Å². The number of para-hydroxylation sites is 1. The Bertz CT molecular complexity index is 1360. The largest absolute Gasteiger partial charge is 0.480 e. The molecule has 4 aromatic rings. The van der Waals surface area contributed by atoms with Gasteiger partial charge in [0.1, 0.15) is 11.3 Å². The first-order valence-corrected chi connectivity index (χ1v) is 11.1. The molecule has 0 radical (unpaired) electrons. The average Bonchev–Trinajstić information content (AvgIpc) is 2.79. The van der Waals surface area contributed by atoms with E-state index < -0.39 is 17.4 Å². The van der Waals surface area contributed by atoms with E-state index in [2.05, 4.69) is 10.3 Å². The number of rotatable bonds is 7. The Balaban J connectivity index is 1.56. The molecule has 0 aliphatic rings. The zero-order valence-corrected chi connectivity index (χ0v) is 19.6. The fourth-order valence-electron chi connectivity index (χ4n) is 3.54. The van der Waals surface area contributed by atoms with E-state index in [1.54, 1.807) is 24.3 Å². The Morgan fingerprint density at radius 2 is 1.68 bits per heavy atom. The fraction of sp³-hybridized carbons (Fsp3) is 0.115. The number of aliphatic carboxylic acids is 1. The molecule has 34 heavy (non-hydrogen) atoms. The van der Waals surface area contributed by atoms with Crippen molar-refractivity contribution in [3.05, 3.63) is 100 Å². The third-order valence-electron chi connectivity index (χ3n) is 5.30. The number of nitrogens with one attached hydrogen (secondary N) is 1. The fourth-order valence-corrected chi connectivity index (χ4v) is 4.11. The van der Waals surface area contributed by atoms with Gasteiger partial charge in [-0.05, 0) is 55.0 Å². The lowest BCUT2D eigenvalue weighted by molar-refractivity contribution is -0.143. The van der Waals surface area contributed by atoms with E-state index in [-0.39, 0.29) is 22.0 Å². The van der Waals surface area contributed by atoms with Crippen LogP contribution in [0.15, 0.2) is 78.9 Å². The minimum absolute atomic E-state index is 0.0342. The first kappa shape index (κ1) is 23.5.